The van der Waals surface area contributed by atoms with Gasteiger partial charge in [0.25, 0.3) is 0 Å². The number of carbonyl (C=O) groups excluding carboxylic acids is 2. The topological polar surface area (TPSA) is 74.4 Å². The first-order chi connectivity index (χ1) is 14.4. The normalized spacial score (nSPS) is 16.3. The van der Waals surface area contributed by atoms with Gasteiger partial charge in [0.15, 0.2) is 0 Å². The molecule has 0 bridgehead atoms. The SMILES string of the molecule is COc1ccc(C)cc1NC(=O)[C@@H]1CC(=O)N(CCc2c[nH]c3ccc(Cl)cc23)C1. The number of H-pyrrole nitrogens is 1. The van der Waals surface area contributed by atoms with Gasteiger partial charge >= 0.3 is 0 Å². The fourth-order valence-corrected chi connectivity index (χ4v) is 4.10. The van der Waals surface area contributed by atoms with E-state index in [9.17, 15) is 9.59 Å². The highest BCUT2D eigenvalue weighted by atomic mass is 35.5. The molecule has 2 amide bonds. The molecule has 0 aliphatic carbocycles. The number of carbonyl (C=O) groups is 2. The average molecular weight is 426 g/mol. The molecule has 1 aliphatic rings. The Bertz CT molecular complexity index is 1110. The maximum atomic E-state index is 12.8. The second kappa shape index (κ2) is 8.40. The number of methoxy groups -OCH3 is 1. The standard InChI is InChI=1S/C23H24ClN3O3/c1-14-3-6-21(30-2)20(9-14)26-23(29)16-10-22(28)27(13-16)8-7-15-12-25-19-5-4-17(24)11-18(15)19/h3-6,9,11-12,16,25H,7-8,10,13H2,1-2H3,(H,26,29)/t16-/m1/s1. The van der Waals surface area contributed by atoms with Crippen molar-refractivity contribution in [1.29, 1.82) is 0 Å². The molecule has 30 heavy (non-hydrogen) atoms. The number of rotatable bonds is 6. The summed E-state index contributed by atoms with van der Waals surface area (Å²) in [6.45, 7) is 2.94. The van der Waals surface area contributed by atoms with Gasteiger partial charge < -0.3 is 19.9 Å². The molecule has 0 radical (unpaired) electrons. The third-order valence-electron chi connectivity index (χ3n) is 5.58. The maximum Gasteiger partial charge on any atom is 0.229 e. The molecule has 1 aliphatic heterocycles. The molecule has 0 unspecified atom stereocenters. The van der Waals surface area contributed by atoms with Crippen molar-refractivity contribution in [2.75, 3.05) is 25.5 Å². The summed E-state index contributed by atoms with van der Waals surface area (Å²) >= 11 is 6.12. The molecule has 3 aromatic rings. The van der Waals surface area contributed by atoms with Crippen molar-refractivity contribution in [3.05, 3.63) is 58.7 Å². The second-order valence-corrected chi connectivity index (χ2v) is 8.12. The lowest BCUT2D eigenvalue weighted by Crippen LogP contribution is -2.30. The number of halogens is 1. The number of nitrogens with one attached hydrogen (secondary N) is 2. The van der Waals surface area contributed by atoms with E-state index in [2.05, 4.69) is 10.3 Å². The Labute approximate surface area is 180 Å². The molecule has 2 N–H and O–H groups in total. The summed E-state index contributed by atoms with van der Waals surface area (Å²) in [5.41, 5.74) is 3.78. The van der Waals surface area contributed by atoms with Gasteiger partial charge in [0.2, 0.25) is 11.8 Å². The van der Waals surface area contributed by atoms with E-state index < -0.39 is 0 Å². The highest BCUT2D eigenvalue weighted by Gasteiger charge is 2.34. The highest BCUT2D eigenvalue weighted by molar-refractivity contribution is 6.31. The third kappa shape index (κ3) is 4.14. The van der Waals surface area contributed by atoms with E-state index in [4.69, 9.17) is 16.3 Å². The summed E-state index contributed by atoms with van der Waals surface area (Å²) in [6, 6.07) is 11.3. The Hall–Kier alpha value is -2.99. The summed E-state index contributed by atoms with van der Waals surface area (Å²) < 4.78 is 5.33. The van der Waals surface area contributed by atoms with Crippen molar-refractivity contribution in [2.24, 2.45) is 5.92 Å². The van der Waals surface area contributed by atoms with Crippen LogP contribution in [0.25, 0.3) is 10.9 Å². The van der Waals surface area contributed by atoms with Crippen LogP contribution in [0.4, 0.5) is 5.69 Å². The minimum absolute atomic E-state index is 0.00392. The molecule has 6 nitrogen and oxygen atoms in total. The lowest BCUT2D eigenvalue weighted by Gasteiger charge is -2.17. The number of nitrogens with zero attached hydrogens (tertiary/aromatic N) is 1. The van der Waals surface area contributed by atoms with Gasteiger partial charge in [-0.3, -0.25) is 9.59 Å². The van der Waals surface area contributed by atoms with Gasteiger partial charge in [-0.05, 0) is 54.8 Å². The number of aromatic amines is 1. The van der Waals surface area contributed by atoms with Crippen molar-refractivity contribution < 1.29 is 14.3 Å². The van der Waals surface area contributed by atoms with Crippen LogP contribution in [0.1, 0.15) is 17.5 Å². The number of hydrogen-bond acceptors (Lipinski definition) is 3. The van der Waals surface area contributed by atoms with Crippen LogP contribution in [0.15, 0.2) is 42.6 Å². The predicted molar refractivity (Wildman–Crippen MR) is 118 cm³/mol. The first kappa shape index (κ1) is 20.3. The zero-order chi connectivity index (χ0) is 21.3. The minimum atomic E-state index is -0.375. The van der Waals surface area contributed by atoms with E-state index >= 15 is 0 Å². The molecule has 2 heterocycles. The van der Waals surface area contributed by atoms with Gasteiger partial charge in [0, 0.05) is 41.6 Å². The average Bonchev–Trinajstić information content (AvgIpc) is 3.29. The Morgan fingerprint density at radius 3 is 2.93 bits per heavy atom. The van der Waals surface area contributed by atoms with Crippen LogP contribution >= 0.6 is 11.6 Å². The summed E-state index contributed by atoms with van der Waals surface area (Å²) in [7, 11) is 1.57. The van der Waals surface area contributed by atoms with Crippen molar-refractivity contribution in [1.82, 2.24) is 9.88 Å². The Kier molecular flexibility index (Phi) is 5.68. The van der Waals surface area contributed by atoms with E-state index in [-0.39, 0.29) is 24.2 Å². The number of likely N-dealkylation sites (tertiary alicyclic amines) is 1. The van der Waals surface area contributed by atoms with E-state index in [0.29, 0.717) is 36.0 Å². The summed E-state index contributed by atoms with van der Waals surface area (Å²) in [5, 5.41) is 4.67. The zero-order valence-corrected chi connectivity index (χ0v) is 17.8. The van der Waals surface area contributed by atoms with Crippen molar-refractivity contribution >= 4 is 40.0 Å². The van der Waals surface area contributed by atoms with Crippen LogP contribution in [0.3, 0.4) is 0 Å². The second-order valence-electron chi connectivity index (χ2n) is 7.69. The molecule has 0 spiro atoms. The summed E-state index contributed by atoms with van der Waals surface area (Å²) in [4.78, 5) is 30.3. The number of fused-ring (bicyclic) bond motifs is 1. The monoisotopic (exact) mass is 425 g/mol. The predicted octanol–water partition coefficient (Wildman–Crippen LogP) is 4.17. The number of anilines is 1. The van der Waals surface area contributed by atoms with Crippen LogP contribution in [0.5, 0.6) is 5.75 Å². The maximum absolute atomic E-state index is 12.8. The van der Waals surface area contributed by atoms with Crippen LogP contribution in [0, 0.1) is 12.8 Å². The molecular formula is C23H24ClN3O3. The number of aryl methyl sites for hydroxylation is 1. The van der Waals surface area contributed by atoms with Gasteiger partial charge in [0.1, 0.15) is 5.75 Å². The van der Waals surface area contributed by atoms with E-state index in [1.54, 1.807) is 12.0 Å². The molecular weight excluding hydrogens is 402 g/mol. The van der Waals surface area contributed by atoms with Crippen LogP contribution in [-0.2, 0) is 16.0 Å². The smallest absolute Gasteiger partial charge is 0.229 e. The molecule has 7 heteroatoms. The van der Waals surface area contributed by atoms with Crippen LogP contribution in [0.2, 0.25) is 5.02 Å². The first-order valence-electron chi connectivity index (χ1n) is 9.93. The quantitative estimate of drug-likeness (QED) is 0.622. The Balaban J connectivity index is 1.39. The number of ether oxygens (including phenoxy) is 1. The fraction of sp³-hybridized carbons (Fsp3) is 0.304. The van der Waals surface area contributed by atoms with E-state index in [0.717, 1.165) is 22.0 Å². The number of amides is 2. The lowest BCUT2D eigenvalue weighted by atomic mass is 10.1. The molecule has 156 valence electrons. The molecule has 4 rings (SSSR count). The van der Waals surface area contributed by atoms with Crippen molar-refractivity contribution in [3.8, 4) is 5.75 Å². The van der Waals surface area contributed by atoms with Gasteiger partial charge in [-0.2, -0.15) is 0 Å². The van der Waals surface area contributed by atoms with Gasteiger partial charge in [0.05, 0.1) is 18.7 Å². The molecule has 1 aromatic heterocycles. The van der Waals surface area contributed by atoms with Crippen molar-refractivity contribution in [2.45, 2.75) is 19.8 Å². The molecule has 1 fully saturated rings. The molecule has 1 atom stereocenters. The van der Waals surface area contributed by atoms with Crippen LogP contribution in [-0.4, -0.2) is 41.9 Å². The largest absolute Gasteiger partial charge is 0.495 e. The Morgan fingerprint density at radius 1 is 1.30 bits per heavy atom. The van der Waals surface area contributed by atoms with Crippen LogP contribution < -0.4 is 10.1 Å². The van der Waals surface area contributed by atoms with Gasteiger partial charge in [-0.15, -0.1) is 0 Å². The summed E-state index contributed by atoms with van der Waals surface area (Å²) in [6.07, 6.45) is 2.88. The molecule has 2 aromatic carbocycles. The van der Waals surface area contributed by atoms with E-state index in [1.165, 1.54) is 0 Å². The number of aromatic nitrogens is 1. The first-order valence-corrected chi connectivity index (χ1v) is 10.3. The molecule has 1 saturated heterocycles. The van der Waals surface area contributed by atoms with Gasteiger partial charge in [-0.25, -0.2) is 0 Å². The lowest BCUT2D eigenvalue weighted by molar-refractivity contribution is -0.128. The zero-order valence-electron chi connectivity index (χ0n) is 17.0. The third-order valence-corrected chi connectivity index (χ3v) is 5.81. The number of hydrogen-bond donors (Lipinski definition) is 2. The van der Waals surface area contributed by atoms with Crippen molar-refractivity contribution in [3.63, 3.8) is 0 Å². The van der Waals surface area contributed by atoms with E-state index in [1.807, 2.05) is 49.5 Å². The highest BCUT2D eigenvalue weighted by Crippen LogP contribution is 2.28. The van der Waals surface area contributed by atoms with Gasteiger partial charge in [-0.1, -0.05) is 17.7 Å². The molecule has 0 saturated carbocycles. The summed E-state index contributed by atoms with van der Waals surface area (Å²) in [5.74, 6) is 0.0751. The minimum Gasteiger partial charge on any atom is -0.495 e. The number of benzene rings is 2. The fourth-order valence-electron chi connectivity index (χ4n) is 3.93. The Morgan fingerprint density at radius 2 is 2.13 bits per heavy atom.